The molecule has 0 saturated heterocycles. The van der Waals surface area contributed by atoms with Crippen LogP contribution in [-0.2, 0) is 0 Å². The summed E-state index contributed by atoms with van der Waals surface area (Å²) >= 11 is 2.01. The van der Waals surface area contributed by atoms with E-state index in [1.807, 2.05) is 11.8 Å². The highest BCUT2D eigenvalue weighted by Crippen LogP contribution is 2.36. The molecule has 1 saturated carbocycles. The van der Waals surface area contributed by atoms with Crippen LogP contribution in [0.2, 0.25) is 0 Å². The largest absolute Gasteiger partial charge is 0.313 e. The van der Waals surface area contributed by atoms with Crippen molar-refractivity contribution in [3.8, 4) is 0 Å². The van der Waals surface area contributed by atoms with E-state index in [1.54, 1.807) is 0 Å². The zero-order valence-corrected chi connectivity index (χ0v) is 14.9. The summed E-state index contributed by atoms with van der Waals surface area (Å²) in [6.45, 7) is 10.3. The van der Waals surface area contributed by atoms with Crippen LogP contribution in [0.4, 0.5) is 0 Å². The van der Waals surface area contributed by atoms with Gasteiger partial charge in [0.15, 0.2) is 0 Å². The third-order valence-corrected chi connectivity index (χ3v) is 5.83. The number of benzene rings is 1. The van der Waals surface area contributed by atoms with Gasteiger partial charge in [0, 0.05) is 16.7 Å². The molecule has 1 nitrogen and oxygen atoms in total. The van der Waals surface area contributed by atoms with Crippen molar-refractivity contribution in [1.82, 2.24) is 5.32 Å². The SMILES string of the molecule is CCNC(CSc1ccc(C)cc1)C1CC(C)CC(C)C1. The van der Waals surface area contributed by atoms with Gasteiger partial charge in [-0.3, -0.25) is 0 Å². The van der Waals surface area contributed by atoms with Crippen molar-refractivity contribution in [3.63, 3.8) is 0 Å². The van der Waals surface area contributed by atoms with E-state index in [2.05, 4.69) is 57.3 Å². The van der Waals surface area contributed by atoms with Crippen LogP contribution >= 0.6 is 11.8 Å². The minimum absolute atomic E-state index is 0.659. The van der Waals surface area contributed by atoms with Gasteiger partial charge in [0.2, 0.25) is 0 Å². The zero-order chi connectivity index (χ0) is 15.2. The normalized spacial score (nSPS) is 27.5. The Morgan fingerprint density at radius 2 is 1.71 bits per heavy atom. The molecule has 1 aliphatic carbocycles. The number of rotatable bonds is 6. The van der Waals surface area contributed by atoms with Crippen LogP contribution in [0.1, 0.15) is 45.6 Å². The van der Waals surface area contributed by atoms with Gasteiger partial charge in [-0.05, 0) is 62.6 Å². The Hall–Kier alpha value is -0.470. The van der Waals surface area contributed by atoms with E-state index >= 15 is 0 Å². The summed E-state index contributed by atoms with van der Waals surface area (Å²) in [5.74, 6) is 3.83. The van der Waals surface area contributed by atoms with Gasteiger partial charge in [-0.25, -0.2) is 0 Å². The minimum Gasteiger partial charge on any atom is -0.313 e. The van der Waals surface area contributed by atoms with Crippen molar-refractivity contribution in [2.24, 2.45) is 17.8 Å². The first-order chi connectivity index (χ1) is 10.1. The molecule has 1 fully saturated rings. The second-order valence-corrected chi connectivity index (χ2v) is 8.06. The molecule has 0 bridgehead atoms. The molecule has 2 heteroatoms. The predicted octanol–water partition coefficient (Wildman–Crippen LogP) is 5.14. The quantitative estimate of drug-likeness (QED) is 0.731. The summed E-state index contributed by atoms with van der Waals surface area (Å²) in [5, 5.41) is 3.75. The molecule has 0 radical (unpaired) electrons. The van der Waals surface area contributed by atoms with Crippen molar-refractivity contribution in [1.29, 1.82) is 0 Å². The van der Waals surface area contributed by atoms with Crippen LogP contribution in [0.5, 0.6) is 0 Å². The molecule has 3 atom stereocenters. The molecule has 0 spiro atoms. The predicted molar refractivity (Wildman–Crippen MR) is 95.0 cm³/mol. The average Bonchev–Trinajstić information content (AvgIpc) is 2.44. The maximum atomic E-state index is 3.75. The number of hydrogen-bond donors (Lipinski definition) is 1. The van der Waals surface area contributed by atoms with E-state index in [0.29, 0.717) is 6.04 Å². The van der Waals surface area contributed by atoms with E-state index in [9.17, 15) is 0 Å². The highest BCUT2D eigenvalue weighted by atomic mass is 32.2. The van der Waals surface area contributed by atoms with Crippen LogP contribution in [-0.4, -0.2) is 18.3 Å². The first kappa shape index (κ1) is 16.9. The maximum absolute atomic E-state index is 3.75. The fourth-order valence-electron chi connectivity index (χ4n) is 3.78. The van der Waals surface area contributed by atoms with Gasteiger partial charge in [-0.15, -0.1) is 11.8 Å². The van der Waals surface area contributed by atoms with Crippen molar-refractivity contribution < 1.29 is 0 Å². The Labute approximate surface area is 135 Å². The van der Waals surface area contributed by atoms with Crippen molar-refractivity contribution in [3.05, 3.63) is 29.8 Å². The lowest BCUT2D eigenvalue weighted by atomic mass is 9.74. The maximum Gasteiger partial charge on any atom is 0.0190 e. The topological polar surface area (TPSA) is 12.0 Å². The van der Waals surface area contributed by atoms with Crippen molar-refractivity contribution >= 4 is 11.8 Å². The Morgan fingerprint density at radius 1 is 1.10 bits per heavy atom. The van der Waals surface area contributed by atoms with E-state index in [1.165, 1.54) is 35.5 Å². The number of hydrogen-bond acceptors (Lipinski definition) is 2. The molecule has 21 heavy (non-hydrogen) atoms. The number of thioether (sulfide) groups is 1. The van der Waals surface area contributed by atoms with Crippen LogP contribution in [0, 0.1) is 24.7 Å². The third-order valence-electron chi connectivity index (χ3n) is 4.70. The van der Waals surface area contributed by atoms with Crippen molar-refractivity contribution in [2.75, 3.05) is 12.3 Å². The second kappa shape index (κ2) is 8.24. The Balaban J connectivity index is 1.93. The van der Waals surface area contributed by atoms with Gasteiger partial charge in [-0.1, -0.05) is 38.5 Å². The molecule has 1 aromatic carbocycles. The third kappa shape index (κ3) is 5.34. The highest BCUT2D eigenvalue weighted by molar-refractivity contribution is 7.99. The molecule has 0 aromatic heterocycles. The van der Waals surface area contributed by atoms with E-state index in [0.717, 1.165) is 24.3 Å². The van der Waals surface area contributed by atoms with Gasteiger partial charge < -0.3 is 5.32 Å². The van der Waals surface area contributed by atoms with E-state index in [-0.39, 0.29) is 0 Å². The summed E-state index contributed by atoms with van der Waals surface area (Å²) in [6, 6.07) is 9.61. The molecule has 118 valence electrons. The van der Waals surface area contributed by atoms with Crippen molar-refractivity contribution in [2.45, 2.75) is 57.9 Å². The summed E-state index contributed by atoms with van der Waals surface area (Å²) in [7, 11) is 0. The van der Waals surface area contributed by atoms with E-state index in [4.69, 9.17) is 0 Å². The first-order valence-corrected chi connectivity index (χ1v) is 9.49. The molecule has 0 amide bonds. The fourth-order valence-corrected chi connectivity index (χ4v) is 4.87. The molecule has 3 unspecified atom stereocenters. The molecule has 2 rings (SSSR count). The average molecular weight is 306 g/mol. The lowest BCUT2D eigenvalue weighted by Crippen LogP contribution is -2.41. The molecule has 0 heterocycles. The molecule has 1 aromatic rings. The fraction of sp³-hybridized carbons (Fsp3) is 0.684. The lowest BCUT2D eigenvalue weighted by Gasteiger charge is -2.37. The summed E-state index contributed by atoms with van der Waals surface area (Å²) < 4.78 is 0. The van der Waals surface area contributed by atoms with Crippen LogP contribution in [0.15, 0.2) is 29.2 Å². The Morgan fingerprint density at radius 3 is 2.29 bits per heavy atom. The molecule has 1 aliphatic rings. The smallest absolute Gasteiger partial charge is 0.0190 e. The second-order valence-electron chi connectivity index (χ2n) is 6.97. The first-order valence-electron chi connectivity index (χ1n) is 8.51. The van der Waals surface area contributed by atoms with Crippen LogP contribution < -0.4 is 5.32 Å². The standard InChI is InChI=1S/C19H31NS/c1-5-20-19(17-11-15(3)10-16(4)12-17)13-21-18-8-6-14(2)7-9-18/h6-9,15-17,19-20H,5,10-13H2,1-4H3. The summed E-state index contributed by atoms with van der Waals surface area (Å²) in [5.41, 5.74) is 1.34. The molecular formula is C19H31NS. The Kier molecular flexibility index (Phi) is 6.63. The minimum atomic E-state index is 0.659. The van der Waals surface area contributed by atoms with Crippen LogP contribution in [0.3, 0.4) is 0 Å². The lowest BCUT2D eigenvalue weighted by molar-refractivity contribution is 0.185. The number of nitrogens with one attached hydrogen (secondary N) is 1. The van der Waals surface area contributed by atoms with Gasteiger partial charge in [0.05, 0.1) is 0 Å². The monoisotopic (exact) mass is 305 g/mol. The molecule has 1 N–H and O–H groups in total. The van der Waals surface area contributed by atoms with Gasteiger partial charge >= 0.3 is 0 Å². The molecular weight excluding hydrogens is 274 g/mol. The summed E-state index contributed by atoms with van der Waals surface area (Å²) in [4.78, 5) is 1.40. The molecule has 0 aliphatic heterocycles. The summed E-state index contributed by atoms with van der Waals surface area (Å²) in [6.07, 6.45) is 4.22. The van der Waals surface area contributed by atoms with Crippen LogP contribution in [0.25, 0.3) is 0 Å². The zero-order valence-electron chi connectivity index (χ0n) is 14.1. The van der Waals surface area contributed by atoms with Gasteiger partial charge in [-0.2, -0.15) is 0 Å². The Bertz CT molecular complexity index is 404. The van der Waals surface area contributed by atoms with E-state index < -0.39 is 0 Å². The number of aryl methyl sites for hydroxylation is 1. The van der Waals surface area contributed by atoms with Gasteiger partial charge in [0.25, 0.3) is 0 Å². The van der Waals surface area contributed by atoms with Gasteiger partial charge in [0.1, 0.15) is 0 Å². The highest BCUT2D eigenvalue weighted by Gasteiger charge is 2.29.